The van der Waals surface area contributed by atoms with E-state index >= 15 is 0 Å². The van der Waals surface area contributed by atoms with Crippen molar-refractivity contribution in [1.29, 1.82) is 0 Å². The van der Waals surface area contributed by atoms with Crippen LogP contribution in [0.4, 0.5) is 11.4 Å². The largest absolute Gasteiger partial charge is 0.399 e. The summed E-state index contributed by atoms with van der Waals surface area (Å²) >= 11 is 6.03. The van der Waals surface area contributed by atoms with E-state index in [2.05, 4.69) is 9.71 Å². The van der Waals surface area contributed by atoms with E-state index in [0.29, 0.717) is 21.9 Å². The summed E-state index contributed by atoms with van der Waals surface area (Å²) in [7, 11) is -3.68. The third-order valence-corrected chi connectivity index (χ3v) is 4.79. The Labute approximate surface area is 126 Å². The van der Waals surface area contributed by atoms with E-state index in [0.717, 1.165) is 5.39 Å². The Morgan fingerprint density at radius 3 is 2.52 bits per heavy atom. The van der Waals surface area contributed by atoms with Crippen LogP contribution in [0.3, 0.4) is 0 Å². The summed E-state index contributed by atoms with van der Waals surface area (Å²) in [5.41, 5.74) is 7.15. The topological polar surface area (TPSA) is 88.0 Å². The van der Waals surface area contributed by atoms with Crippen LogP contribution in [-0.2, 0) is 10.0 Å². The molecule has 3 aromatic rings. The van der Waals surface area contributed by atoms with Gasteiger partial charge in [-0.2, -0.15) is 0 Å². The number of fused-ring (bicyclic) bond motifs is 1. The maximum Gasteiger partial charge on any atom is 0.261 e. The van der Waals surface area contributed by atoms with Crippen molar-refractivity contribution in [3.05, 3.63) is 53.7 Å². The summed E-state index contributed by atoms with van der Waals surface area (Å²) in [6.07, 6.45) is 1.62. The molecule has 0 spiro atoms. The summed E-state index contributed by atoms with van der Waals surface area (Å²) < 4.78 is 27.3. The van der Waals surface area contributed by atoms with Crippen LogP contribution in [0.15, 0.2) is 53.6 Å². The van der Waals surface area contributed by atoms with Crippen LogP contribution in [0.25, 0.3) is 10.9 Å². The van der Waals surface area contributed by atoms with Crippen LogP contribution in [0.2, 0.25) is 5.02 Å². The van der Waals surface area contributed by atoms with Crippen LogP contribution in [0.5, 0.6) is 0 Å². The minimum atomic E-state index is -3.68. The van der Waals surface area contributed by atoms with Gasteiger partial charge < -0.3 is 10.7 Å². The second kappa shape index (κ2) is 4.98. The van der Waals surface area contributed by atoms with Crippen molar-refractivity contribution in [2.75, 3.05) is 10.5 Å². The Balaban J connectivity index is 2.03. The predicted octanol–water partition coefficient (Wildman–Crippen LogP) is 3.20. The van der Waals surface area contributed by atoms with Gasteiger partial charge >= 0.3 is 0 Å². The second-order valence-electron chi connectivity index (χ2n) is 4.54. The van der Waals surface area contributed by atoms with Crippen LogP contribution in [0, 0.1) is 0 Å². The minimum absolute atomic E-state index is 0.145. The normalized spacial score (nSPS) is 11.7. The fourth-order valence-corrected chi connectivity index (χ4v) is 3.34. The molecule has 0 unspecified atom stereocenters. The van der Waals surface area contributed by atoms with Gasteiger partial charge in [-0.25, -0.2) is 8.42 Å². The molecule has 0 aliphatic rings. The van der Waals surface area contributed by atoms with Gasteiger partial charge in [-0.3, -0.25) is 4.72 Å². The SMILES string of the molecule is Nc1ccc(S(=O)(=O)Nc2cccc3c(Cl)c[nH]c23)cc1. The molecule has 3 rings (SSSR count). The lowest BCUT2D eigenvalue weighted by molar-refractivity contribution is 0.601. The van der Waals surface area contributed by atoms with Crippen molar-refractivity contribution in [2.24, 2.45) is 0 Å². The zero-order chi connectivity index (χ0) is 15.0. The molecular weight excluding hydrogens is 310 g/mol. The number of H-pyrrole nitrogens is 1. The zero-order valence-electron chi connectivity index (χ0n) is 10.8. The Morgan fingerprint density at radius 2 is 1.81 bits per heavy atom. The van der Waals surface area contributed by atoms with Crippen molar-refractivity contribution in [3.63, 3.8) is 0 Å². The lowest BCUT2D eigenvalue weighted by atomic mass is 10.2. The number of nitrogens with two attached hydrogens (primary N) is 1. The number of hydrogen-bond donors (Lipinski definition) is 3. The van der Waals surface area contributed by atoms with Gasteiger partial charge in [0.2, 0.25) is 0 Å². The number of nitrogens with one attached hydrogen (secondary N) is 2. The average Bonchev–Trinajstić information content (AvgIpc) is 2.82. The molecule has 0 bridgehead atoms. The quantitative estimate of drug-likeness (QED) is 0.647. The lowest BCUT2D eigenvalue weighted by Crippen LogP contribution is -2.13. The number of nitrogen functional groups attached to an aromatic ring is 1. The molecule has 7 heteroatoms. The van der Waals surface area contributed by atoms with Crippen LogP contribution < -0.4 is 10.5 Å². The third-order valence-electron chi connectivity index (χ3n) is 3.10. The maximum atomic E-state index is 12.4. The highest BCUT2D eigenvalue weighted by molar-refractivity contribution is 7.92. The highest BCUT2D eigenvalue weighted by Crippen LogP contribution is 2.29. The number of anilines is 2. The van der Waals surface area contributed by atoms with Gasteiger partial charge in [0.15, 0.2) is 0 Å². The van der Waals surface area contributed by atoms with Crippen molar-refractivity contribution in [1.82, 2.24) is 4.98 Å². The van der Waals surface area contributed by atoms with Gasteiger partial charge in [-0.15, -0.1) is 0 Å². The number of rotatable bonds is 3. The van der Waals surface area contributed by atoms with E-state index in [1.807, 2.05) is 6.07 Å². The van der Waals surface area contributed by atoms with Gasteiger partial charge in [0.05, 0.1) is 21.1 Å². The van der Waals surface area contributed by atoms with Crippen molar-refractivity contribution >= 4 is 43.9 Å². The summed E-state index contributed by atoms with van der Waals surface area (Å²) in [5, 5.41) is 1.30. The minimum Gasteiger partial charge on any atom is -0.399 e. The zero-order valence-corrected chi connectivity index (χ0v) is 12.4. The molecule has 1 heterocycles. The lowest BCUT2D eigenvalue weighted by Gasteiger charge is -2.09. The summed E-state index contributed by atoms with van der Waals surface area (Å²) in [5.74, 6) is 0. The average molecular weight is 322 g/mol. The molecule has 108 valence electrons. The molecule has 0 saturated heterocycles. The van der Waals surface area contributed by atoms with Gasteiger partial charge in [0, 0.05) is 17.3 Å². The van der Waals surface area contributed by atoms with E-state index in [1.54, 1.807) is 30.5 Å². The molecule has 4 N–H and O–H groups in total. The highest BCUT2D eigenvalue weighted by Gasteiger charge is 2.16. The molecule has 0 radical (unpaired) electrons. The molecule has 2 aromatic carbocycles. The van der Waals surface area contributed by atoms with Gasteiger partial charge in [0.1, 0.15) is 0 Å². The van der Waals surface area contributed by atoms with Crippen LogP contribution in [-0.4, -0.2) is 13.4 Å². The Bertz CT molecular complexity index is 902. The highest BCUT2D eigenvalue weighted by atomic mass is 35.5. The predicted molar refractivity (Wildman–Crippen MR) is 85.0 cm³/mol. The number of halogens is 1. The molecular formula is C14H12ClN3O2S. The summed E-state index contributed by atoms with van der Waals surface area (Å²) in [4.78, 5) is 3.11. The number of sulfonamides is 1. The first-order valence-corrected chi connectivity index (χ1v) is 7.97. The van der Waals surface area contributed by atoms with Crippen LogP contribution >= 0.6 is 11.6 Å². The van der Waals surface area contributed by atoms with Gasteiger partial charge in [0.25, 0.3) is 10.0 Å². The first kappa shape index (κ1) is 13.8. The molecule has 1 aromatic heterocycles. The summed E-state index contributed by atoms with van der Waals surface area (Å²) in [6.45, 7) is 0. The summed E-state index contributed by atoms with van der Waals surface area (Å²) in [6, 6.07) is 11.2. The standard InChI is InChI=1S/C14H12ClN3O2S/c15-12-8-17-14-11(12)2-1-3-13(14)18-21(19,20)10-6-4-9(16)5-7-10/h1-8,17-18H,16H2. The fraction of sp³-hybridized carbons (Fsp3) is 0. The molecule has 0 atom stereocenters. The first-order chi connectivity index (χ1) is 9.97. The van der Waals surface area contributed by atoms with Crippen molar-refractivity contribution in [3.8, 4) is 0 Å². The first-order valence-electron chi connectivity index (χ1n) is 6.11. The monoisotopic (exact) mass is 321 g/mol. The van der Waals surface area contributed by atoms with E-state index in [9.17, 15) is 8.42 Å². The smallest absolute Gasteiger partial charge is 0.261 e. The molecule has 21 heavy (non-hydrogen) atoms. The molecule has 0 aliphatic heterocycles. The Hall–Kier alpha value is -2.18. The van der Waals surface area contributed by atoms with E-state index < -0.39 is 10.0 Å². The van der Waals surface area contributed by atoms with E-state index in [1.165, 1.54) is 12.1 Å². The molecule has 0 amide bonds. The van der Waals surface area contributed by atoms with E-state index in [4.69, 9.17) is 17.3 Å². The number of para-hydroxylation sites is 1. The Kier molecular flexibility index (Phi) is 3.27. The fourth-order valence-electron chi connectivity index (χ4n) is 2.06. The number of benzene rings is 2. The van der Waals surface area contributed by atoms with Crippen molar-refractivity contribution in [2.45, 2.75) is 4.90 Å². The molecule has 0 saturated carbocycles. The second-order valence-corrected chi connectivity index (χ2v) is 6.63. The Morgan fingerprint density at radius 1 is 1.10 bits per heavy atom. The van der Waals surface area contributed by atoms with E-state index in [-0.39, 0.29) is 4.90 Å². The molecule has 0 fully saturated rings. The van der Waals surface area contributed by atoms with Gasteiger partial charge in [-0.1, -0.05) is 23.7 Å². The number of aromatic amines is 1. The van der Waals surface area contributed by atoms with Gasteiger partial charge in [-0.05, 0) is 30.3 Å². The molecule has 0 aliphatic carbocycles. The number of aromatic nitrogens is 1. The van der Waals surface area contributed by atoms with Crippen molar-refractivity contribution < 1.29 is 8.42 Å². The third kappa shape index (κ3) is 2.55. The maximum absolute atomic E-state index is 12.4. The molecule has 5 nitrogen and oxygen atoms in total. The number of hydrogen-bond acceptors (Lipinski definition) is 3. The van der Waals surface area contributed by atoms with Crippen LogP contribution in [0.1, 0.15) is 0 Å².